The fourth-order valence-corrected chi connectivity index (χ4v) is 4.06. The van der Waals surface area contributed by atoms with Crippen molar-refractivity contribution in [3.63, 3.8) is 0 Å². The molecular weight excluding hydrogens is 356 g/mol. The maximum atomic E-state index is 12.4. The molecule has 8 nitrogen and oxygen atoms in total. The second-order valence-corrected chi connectivity index (χ2v) is 8.55. The van der Waals surface area contributed by atoms with Gasteiger partial charge in [-0.05, 0) is 25.0 Å². The third-order valence-corrected chi connectivity index (χ3v) is 6.09. The van der Waals surface area contributed by atoms with Crippen LogP contribution in [0.25, 0.3) is 10.9 Å². The minimum absolute atomic E-state index is 0.138. The highest BCUT2D eigenvalue weighted by atomic mass is 32.2. The van der Waals surface area contributed by atoms with E-state index in [-0.39, 0.29) is 23.9 Å². The summed E-state index contributed by atoms with van der Waals surface area (Å²) in [7, 11) is -1.58. The number of hydrogen-bond acceptors (Lipinski definition) is 5. The number of carbonyl (C=O) groups excluding carboxylic acids is 1. The Morgan fingerprint density at radius 2 is 1.92 bits per heavy atom. The number of nitrogens with zero attached hydrogens (tertiary/aromatic N) is 3. The summed E-state index contributed by atoms with van der Waals surface area (Å²) in [5.74, 6) is 0.113. The summed E-state index contributed by atoms with van der Waals surface area (Å²) in [6, 6.07) is 7.09. The molecule has 0 bridgehead atoms. The average Bonchev–Trinajstić information content (AvgIpc) is 2.62. The van der Waals surface area contributed by atoms with Crippen molar-refractivity contribution in [2.45, 2.75) is 19.4 Å². The summed E-state index contributed by atoms with van der Waals surface area (Å²) in [6.45, 7) is 0.856. The van der Waals surface area contributed by atoms with Gasteiger partial charge in [0.25, 0.3) is 5.56 Å². The summed E-state index contributed by atoms with van der Waals surface area (Å²) >= 11 is 0. The normalized spacial score (nSPS) is 16.7. The van der Waals surface area contributed by atoms with Crippen LogP contribution in [0.3, 0.4) is 0 Å². The zero-order valence-corrected chi connectivity index (χ0v) is 15.6. The third-order valence-electron chi connectivity index (χ3n) is 4.79. The van der Waals surface area contributed by atoms with Crippen molar-refractivity contribution in [1.29, 1.82) is 0 Å². The van der Waals surface area contributed by atoms with E-state index in [2.05, 4.69) is 10.3 Å². The van der Waals surface area contributed by atoms with Gasteiger partial charge in [0.15, 0.2) is 0 Å². The van der Waals surface area contributed by atoms with E-state index in [4.69, 9.17) is 0 Å². The number of nitrogens with one attached hydrogen (secondary N) is 1. The highest BCUT2D eigenvalue weighted by Gasteiger charge is 2.28. The minimum atomic E-state index is -3.21. The predicted octanol–water partition coefficient (Wildman–Crippen LogP) is 0.221. The van der Waals surface area contributed by atoms with E-state index < -0.39 is 10.0 Å². The monoisotopic (exact) mass is 378 g/mol. The topological polar surface area (TPSA) is 101 Å². The van der Waals surface area contributed by atoms with E-state index in [0.29, 0.717) is 42.7 Å². The van der Waals surface area contributed by atoms with E-state index in [0.717, 1.165) is 0 Å². The summed E-state index contributed by atoms with van der Waals surface area (Å²) in [5.41, 5.74) is 0.447. The van der Waals surface area contributed by atoms with Gasteiger partial charge in [-0.1, -0.05) is 12.1 Å². The Morgan fingerprint density at radius 1 is 1.27 bits per heavy atom. The van der Waals surface area contributed by atoms with Crippen molar-refractivity contribution >= 4 is 26.8 Å². The number of para-hydroxylation sites is 1. The van der Waals surface area contributed by atoms with E-state index >= 15 is 0 Å². The lowest BCUT2D eigenvalue weighted by molar-refractivity contribution is -0.126. The second-order valence-electron chi connectivity index (χ2n) is 6.56. The van der Waals surface area contributed by atoms with Crippen LogP contribution in [0.1, 0.15) is 18.7 Å². The van der Waals surface area contributed by atoms with E-state index in [1.165, 1.54) is 15.1 Å². The van der Waals surface area contributed by atoms with Gasteiger partial charge in [0.2, 0.25) is 15.9 Å². The van der Waals surface area contributed by atoms with Crippen LogP contribution in [0, 0.1) is 5.92 Å². The van der Waals surface area contributed by atoms with Crippen LogP contribution in [0.4, 0.5) is 0 Å². The molecule has 2 heterocycles. The Labute approximate surface area is 151 Å². The summed E-state index contributed by atoms with van der Waals surface area (Å²) in [6.07, 6.45) is 2.16. The molecule has 0 radical (unpaired) electrons. The summed E-state index contributed by atoms with van der Waals surface area (Å²) < 4.78 is 25.9. The zero-order valence-electron chi connectivity index (χ0n) is 14.8. The Hall–Kier alpha value is -2.26. The lowest BCUT2D eigenvalue weighted by Gasteiger charge is -2.29. The largest absolute Gasteiger partial charge is 0.349 e. The second kappa shape index (κ2) is 7.16. The van der Waals surface area contributed by atoms with Gasteiger partial charge in [-0.2, -0.15) is 0 Å². The number of rotatable bonds is 4. The molecule has 0 atom stereocenters. The fourth-order valence-electron chi connectivity index (χ4n) is 3.18. The number of hydrogen-bond donors (Lipinski definition) is 1. The van der Waals surface area contributed by atoms with Crippen LogP contribution in [0.5, 0.6) is 0 Å². The van der Waals surface area contributed by atoms with Crippen molar-refractivity contribution in [2.75, 3.05) is 19.3 Å². The van der Waals surface area contributed by atoms with Crippen molar-refractivity contribution in [2.24, 2.45) is 13.0 Å². The first-order valence-corrected chi connectivity index (χ1v) is 10.3. The molecule has 0 spiro atoms. The number of benzene rings is 1. The molecule has 0 saturated carbocycles. The maximum absolute atomic E-state index is 12.4. The summed E-state index contributed by atoms with van der Waals surface area (Å²) in [4.78, 5) is 29.2. The number of fused-ring (bicyclic) bond motifs is 1. The first-order chi connectivity index (χ1) is 12.3. The lowest BCUT2D eigenvalue weighted by Crippen LogP contribution is -2.42. The van der Waals surface area contributed by atoms with Gasteiger partial charge < -0.3 is 5.32 Å². The highest BCUT2D eigenvalue weighted by molar-refractivity contribution is 7.88. The van der Waals surface area contributed by atoms with E-state index in [9.17, 15) is 18.0 Å². The fraction of sp³-hybridized carbons (Fsp3) is 0.471. The van der Waals surface area contributed by atoms with Crippen molar-refractivity contribution in [3.8, 4) is 0 Å². The Kier molecular flexibility index (Phi) is 5.10. The van der Waals surface area contributed by atoms with Crippen LogP contribution in [0.15, 0.2) is 29.1 Å². The van der Waals surface area contributed by atoms with E-state index in [1.807, 2.05) is 6.07 Å². The number of amides is 1. The Balaban J connectivity index is 1.66. The first kappa shape index (κ1) is 18.5. The first-order valence-electron chi connectivity index (χ1n) is 8.45. The third kappa shape index (κ3) is 3.78. The van der Waals surface area contributed by atoms with Crippen LogP contribution in [-0.2, 0) is 28.4 Å². The maximum Gasteiger partial charge on any atom is 0.261 e. The molecule has 1 amide bonds. The molecule has 1 aromatic heterocycles. The SMILES string of the molecule is Cn1c(CNC(=O)C2CCN(S(C)(=O)=O)CC2)nc2ccccc2c1=O. The summed E-state index contributed by atoms with van der Waals surface area (Å²) in [5, 5.41) is 3.37. The Bertz CT molecular complexity index is 991. The quantitative estimate of drug-likeness (QED) is 0.820. The lowest BCUT2D eigenvalue weighted by atomic mass is 9.97. The number of carbonyl (C=O) groups is 1. The number of aromatic nitrogens is 2. The smallest absolute Gasteiger partial charge is 0.261 e. The zero-order chi connectivity index (χ0) is 18.9. The van der Waals surface area contributed by atoms with Gasteiger partial charge in [0, 0.05) is 26.1 Å². The van der Waals surface area contributed by atoms with Crippen molar-refractivity contribution < 1.29 is 13.2 Å². The molecule has 0 aliphatic carbocycles. The molecule has 1 aliphatic heterocycles. The average molecular weight is 378 g/mol. The van der Waals surface area contributed by atoms with Gasteiger partial charge in [-0.3, -0.25) is 14.2 Å². The van der Waals surface area contributed by atoms with Gasteiger partial charge in [-0.15, -0.1) is 0 Å². The van der Waals surface area contributed by atoms with Gasteiger partial charge >= 0.3 is 0 Å². The molecule has 1 aliphatic rings. The molecule has 140 valence electrons. The van der Waals surface area contributed by atoms with Crippen LogP contribution >= 0.6 is 0 Å². The molecule has 1 aromatic carbocycles. The molecule has 2 aromatic rings. The Morgan fingerprint density at radius 3 is 2.58 bits per heavy atom. The van der Waals surface area contributed by atoms with Crippen LogP contribution in [0.2, 0.25) is 0 Å². The van der Waals surface area contributed by atoms with E-state index in [1.54, 1.807) is 25.2 Å². The van der Waals surface area contributed by atoms with Crippen LogP contribution < -0.4 is 10.9 Å². The molecule has 26 heavy (non-hydrogen) atoms. The van der Waals surface area contributed by atoms with Crippen molar-refractivity contribution in [3.05, 3.63) is 40.4 Å². The standard InChI is InChI=1S/C17H22N4O4S/c1-20-15(19-14-6-4-3-5-13(14)17(20)23)11-18-16(22)12-7-9-21(10-8-12)26(2,24)25/h3-6,12H,7-11H2,1-2H3,(H,18,22). The molecule has 9 heteroatoms. The molecule has 1 N–H and O–H groups in total. The predicted molar refractivity (Wildman–Crippen MR) is 98.0 cm³/mol. The highest BCUT2D eigenvalue weighted by Crippen LogP contribution is 2.19. The molecule has 3 rings (SSSR count). The van der Waals surface area contributed by atoms with Gasteiger partial charge in [0.05, 0.1) is 23.7 Å². The van der Waals surface area contributed by atoms with Gasteiger partial charge in [-0.25, -0.2) is 17.7 Å². The number of sulfonamides is 1. The minimum Gasteiger partial charge on any atom is -0.349 e. The molecule has 1 fully saturated rings. The van der Waals surface area contributed by atoms with Crippen LogP contribution in [-0.4, -0.2) is 47.5 Å². The molecular formula is C17H22N4O4S. The number of piperidine rings is 1. The molecule has 1 saturated heterocycles. The van der Waals surface area contributed by atoms with Crippen molar-refractivity contribution in [1.82, 2.24) is 19.2 Å². The van der Waals surface area contributed by atoms with Gasteiger partial charge in [0.1, 0.15) is 5.82 Å². The molecule has 0 unspecified atom stereocenters.